The average molecular weight is 882 g/mol. The van der Waals surface area contributed by atoms with E-state index in [1.807, 2.05) is 29.2 Å². The molecule has 15 nitrogen and oxygen atoms in total. The van der Waals surface area contributed by atoms with E-state index in [1.165, 1.54) is 18.8 Å². The molecule has 4 N–H and O–H groups in total. The van der Waals surface area contributed by atoms with E-state index in [1.54, 1.807) is 25.4 Å². The number of nitrogens with zero attached hydrogens (tertiary/aromatic N) is 5. The number of fused-ring (bicyclic) bond motifs is 1. The normalized spacial score (nSPS) is 18.2. The number of anilines is 2. The van der Waals surface area contributed by atoms with Gasteiger partial charge in [-0.25, -0.2) is 13.8 Å². The van der Waals surface area contributed by atoms with Crippen molar-refractivity contribution in [3.8, 4) is 11.1 Å². The Morgan fingerprint density at radius 3 is 2.29 bits per heavy atom. The Morgan fingerprint density at radius 1 is 0.889 bits per heavy atom. The van der Waals surface area contributed by atoms with Gasteiger partial charge in [-0.15, -0.1) is 0 Å². The highest BCUT2D eigenvalue weighted by Gasteiger charge is 2.30. The second-order valence-corrected chi connectivity index (χ2v) is 18.2. The van der Waals surface area contributed by atoms with Crippen LogP contribution in [-0.4, -0.2) is 113 Å². The lowest BCUT2D eigenvalue weighted by molar-refractivity contribution is -0.134. The van der Waals surface area contributed by atoms with E-state index in [0.717, 1.165) is 72.2 Å². The molecule has 2 aromatic carbocycles. The fourth-order valence-electron chi connectivity index (χ4n) is 8.55. The molecule has 0 aliphatic carbocycles. The molecule has 3 amide bonds. The lowest BCUT2D eigenvalue weighted by Gasteiger charge is -2.36. The molecule has 3 fully saturated rings. The smallest absolute Gasteiger partial charge is 0.301 e. The van der Waals surface area contributed by atoms with E-state index in [-0.39, 0.29) is 35.7 Å². The number of imide groups is 1. The number of pyridine rings is 2. The number of nitrogens with one attached hydrogen (secondary N) is 4. The number of ketones is 1. The predicted molar refractivity (Wildman–Crippen MR) is 233 cm³/mol. The number of amides is 3. The van der Waals surface area contributed by atoms with Gasteiger partial charge in [0.05, 0.1) is 17.8 Å². The average Bonchev–Trinajstić information content (AvgIpc) is 3.72. The number of halogens is 2. The maximum absolute atomic E-state index is 15.6. The van der Waals surface area contributed by atoms with E-state index in [9.17, 15) is 27.6 Å². The van der Waals surface area contributed by atoms with Crippen molar-refractivity contribution in [2.24, 2.45) is 0 Å². The number of aromatic amines is 1. The van der Waals surface area contributed by atoms with Crippen LogP contribution in [0.4, 0.5) is 20.2 Å². The first-order chi connectivity index (χ1) is 30.3. The monoisotopic (exact) mass is 881 g/mol. The molecule has 18 heteroatoms. The third-order valence-electron chi connectivity index (χ3n) is 12.5. The number of likely N-dealkylation sites (tertiary alicyclic amines) is 2. The summed E-state index contributed by atoms with van der Waals surface area (Å²) < 4.78 is 58.8. The SMILES string of the molecule is CCN(C)S(=O)(=O)Nc1ccc(F)c(C(=O)c2c[nH]c3ncc(-c4ccc(C5CCN(C(=O)CN6CCC(c7ccc(NC8CCC(=O)NC8=O)cc7)CC6)CC5)nc4)cc23)c1F. The van der Waals surface area contributed by atoms with Crippen LogP contribution in [0.15, 0.2) is 73.2 Å². The molecule has 1 atom stereocenters. The molecule has 0 radical (unpaired) electrons. The third kappa shape index (κ3) is 9.47. The lowest BCUT2D eigenvalue weighted by Crippen LogP contribution is -2.47. The summed E-state index contributed by atoms with van der Waals surface area (Å²) in [4.78, 5) is 66.9. The van der Waals surface area contributed by atoms with Crippen molar-refractivity contribution in [3.05, 3.63) is 107 Å². The summed E-state index contributed by atoms with van der Waals surface area (Å²) in [7, 11) is -2.84. The Labute approximate surface area is 363 Å². The first-order valence-electron chi connectivity index (χ1n) is 21.2. The van der Waals surface area contributed by atoms with Crippen LogP contribution in [0.25, 0.3) is 22.2 Å². The van der Waals surface area contributed by atoms with Crippen LogP contribution in [0.1, 0.15) is 84.5 Å². The van der Waals surface area contributed by atoms with Crippen molar-refractivity contribution in [2.75, 3.05) is 56.4 Å². The van der Waals surface area contributed by atoms with Crippen LogP contribution in [0.3, 0.4) is 0 Å². The highest BCUT2D eigenvalue weighted by atomic mass is 32.2. The maximum atomic E-state index is 15.6. The topological polar surface area (TPSA) is 190 Å². The largest absolute Gasteiger partial charge is 0.374 e. The molecule has 5 aromatic rings. The Morgan fingerprint density at radius 2 is 1.60 bits per heavy atom. The molecule has 0 spiro atoms. The number of carbonyl (C=O) groups excluding carboxylic acids is 4. The maximum Gasteiger partial charge on any atom is 0.301 e. The second-order valence-electron chi connectivity index (χ2n) is 16.4. The Kier molecular flexibility index (Phi) is 12.7. The van der Waals surface area contributed by atoms with Gasteiger partial charge in [-0.2, -0.15) is 12.7 Å². The minimum absolute atomic E-state index is 0.0385. The molecule has 0 bridgehead atoms. The molecule has 3 aromatic heterocycles. The van der Waals surface area contributed by atoms with Crippen molar-refractivity contribution in [1.82, 2.24) is 34.4 Å². The zero-order valence-corrected chi connectivity index (χ0v) is 35.8. The molecule has 6 heterocycles. The zero-order valence-electron chi connectivity index (χ0n) is 35.0. The minimum atomic E-state index is -4.14. The number of hydrogen-bond acceptors (Lipinski definition) is 10. The van der Waals surface area contributed by atoms with E-state index in [2.05, 4.69) is 42.4 Å². The quantitative estimate of drug-likeness (QED) is 0.0863. The molecule has 3 aliphatic rings. The molecule has 8 rings (SSSR count). The lowest BCUT2D eigenvalue weighted by atomic mass is 9.89. The first-order valence-corrected chi connectivity index (χ1v) is 22.6. The van der Waals surface area contributed by atoms with E-state index < -0.39 is 44.9 Å². The fourth-order valence-corrected chi connectivity index (χ4v) is 9.48. The number of benzene rings is 2. The van der Waals surface area contributed by atoms with Gasteiger partial charge >= 0.3 is 10.2 Å². The van der Waals surface area contributed by atoms with E-state index in [4.69, 9.17) is 4.98 Å². The Hall–Kier alpha value is -6.11. The summed E-state index contributed by atoms with van der Waals surface area (Å²) >= 11 is 0. The number of rotatable bonds is 13. The van der Waals surface area contributed by atoms with Crippen LogP contribution in [0, 0.1) is 11.6 Å². The van der Waals surface area contributed by atoms with Crippen molar-refractivity contribution < 1.29 is 36.4 Å². The highest BCUT2D eigenvalue weighted by molar-refractivity contribution is 7.90. The van der Waals surface area contributed by atoms with Crippen LogP contribution in [0.5, 0.6) is 0 Å². The number of aromatic nitrogens is 3. The van der Waals surface area contributed by atoms with Gasteiger partial charge in [-0.05, 0) is 93.1 Å². The van der Waals surface area contributed by atoms with Gasteiger partial charge in [-0.1, -0.05) is 25.1 Å². The number of piperidine rings is 3. The Bertz CT molecular complexity index is 2640. The molecule has 3 aliphatic heterocycles. The molecule has 1 unspecified atom stereocenters. The predicted octanol–water partition coefficient (Wildman–Crippen LogP) is 5.55. The highest BCUT2D eigenvalue weighted by Crippen LogP contribution is 2.33. The van der Waals surface area contributed by atoms with Crippen LogP contribution in [0.2, 0.25) is 0 Å². The van der Waals surface area contributed by atoms with Gasteiger partial charge in [0.25, 0.3) is 0 Å². The van der Waals surface area contributed by atoms with Crippen molar-refractivity contribution >= 4 is 56.1 Å². The Balaban J connectivity index is 0.834. The molecule has 63 heavy (non-hydrogen) atoms. The second kappa shape index (κ2) is 18.3. The zero-order chi connectivity index (χ0) is 44.4. The first kappa shape index (κ1) is 43.5. The molecule has 330 valence electrons. The van der Waals surface area contributed by atoms with E-state index >= 15 is 8.78 Å². The van der Waals surface area contributed by atoms with Crippen molar-refractivity contribution in [1.29, 1.82) is 0 Å². The van der Waals surface area contributed by atoms with Gasteiger partial charge in [0.15, 0.2) is 5.82 Å². The third-order valence-corrected chi connectivity index (χ3v) is 14.0. The molecule has 0 saturated carbocycles. The fraction of sp³-hybridized carbons (Fsp3) is 0.378. The molecular weight excluding hydrogens is 833 g/mol. The number of carbonyl (C=O) groups is 4. The standard InChI is InChI=1S/C45H49F2N9O6S/c1-3-54(2)63(61,62)53-37-11-9-35(46)41(42(37)47)43(59)34-25-50-44-33(34)22-31(24-49-44)30-6-10-36(48-23-30)29-16-20-56(21-17-29)40(58)26-55-18-14-28(15-19-55)27-4-7-32(8-5-27)51-38-12-13-39(57)52-45(38)60/h4-11,22-25,28-29,38,51,53H,3,12-21,26H2,1-2H3,(H,49,50)(H,52,57,60). The van der Waals surface area contributed by atoms with Gasteiger partial charge in [0.1, 0.15) is 17.5 Å². The number of H-pyrrole nitrogens is 1. The van der Waals surface area contributed by atoms with Gasteiger partial charge in [-0.3, -0.25) is 39.1 Å². The van der Waals surface area contributed by atoms with Crippen LogP contribution < -0.4 is 15.4 Å². The van der Waals surface area contributed by atoms with Crippen molar-refractivity contribution in [2.45, 2.75) is 63.3 Å². The van der Waals surface area contributed by atoms with Gasteiger partial charge in [0, 0.05) is 91.1 Å². The summed E-state index contributed by atoms with van der Waals surface area (Å²) in [5, 5.41) is 5.93. The molecule has 3 saturated heterocycles. The van der Waals surface area contributed by atoms with Gasteiger partial charge < -0.3 is 15.2 Å². The summed E-state index contributed by atoms with van der Waals surface area (Å²) in [6.07, 6.45) is 8.91. The van der Waals surface area contributed by atoms with E-state index in [0.29, 0.717) is 55.0 Å². The molecular formula is C45H49F2N9O6S. The summed E-state index contributed by atoms with van der Waals surface area (Å²) in [5.74, 6) is -3.29. The number of hydrogen-bond donors (Lipinski definition) is 4. The van der Waals surface area contributed by atoms with Crippen LogP contribution >= 0.6 is 0 Å². The summed E-state index contributed by atoms with van der Waals surface area (Å²) in [6, 6.07) is 15.1. The van der Waals surface area contributed by atoms with Crippen LogP contribution in [-0.2, 0) is 24.6 Å². The van der Waals surface area contributed by atoms with Crippen molar-refractivity contribution in [3.63, 3.8) is 0 Å². The van der Waals surface area contributed by atoms with Gasteiger partial charge in [0.2, 0.25) is 23.5 Å². The summed E-state index contributed by atoms with van der Waals surface area (Å²) in [6.45, 7) is 5.03. The minimum Gasteiger partial charge on any atom is -0.374 e. The summed E-state index contributed by atoms with van der Waals surface area (Å²) in [5.41, 5.74) is 3.16.